The molecule has 0 radical (unpaired) electrons. The van der Waals surface area contributed by atoms with E-state index in [0.717, 1.165) is 44.9 Å². The first-order valence-corrected chi connectivity index (χ1v) is 11.1. The molecule has 2 aliphatic heterocycles. The van der Waals surface area contributed by atoms with Crippen molar-refractivity contribution in [2.75, 3.05) is 44.7 Å². The summed E-state index contributed by atoms with van der Waals surface area (Å²) in [7, 11) is 0. The molecular formula is C19H34N2OS. The molecule has 23 heavy (non-hydrogen) atoms. The van der Waals surface area contributed by atoms with Crippen LogP contribution in [0.1, 0.15) is 57.8 Å². The number of likely N-dealkylation sites (tertiary alicyclic amines) is 2. The van der Waals surface area contributed by atoms with Crippen molar-refractivity contribution in [3.63, 3.8) is 0 Å². The summed E-state index contributed by atoms with van der Waals surface area (Å²) >= 11 is 1.93. The fraction of sp³-hybridized carbons (Fsp3) is 0.947. The Morgan fingerprint density at radius 2 is 1.96 bits per heavy atom. The number of hydrogen-bond donors (Lipinski definition) is 0. The summed E-state index contributed by atoms with van der Waals surface area (Å²) in [6, 6.07) is 0. The molecule has 3 rings (SSSR count). The van der Waals surface area contributed by atoms with E-state index in [0.29, 0.717) is 5.91 Å². The Kier molecular flexibility index (Phi) is 6.31. The molecule has 0 bridgehead atoms. The lowest BCUT2D eigenvalue weighted by molar-refractivity contribution is -0.146. The van der Waals surface area contributed by atoms with Gasteiger partial charge in [-0.3, -0.25) is 4.79 Å². The Morgan fingerprint density at radius 1 is 1.13 bits per heavy atom. The van der Waals surface area contributed by atoms with Gasteiger partial charge < -0.3 is 9.80 Å². The molecule has 2 saturated heterocycles. The number of amides is 1. The van der Waals surface area contributed by atoms with Crippen molar-refractivity contribution < 1.29 is 4.79 Å². The molecule has 3 aliphatic rings. The van der Waals surface area contributed by atoms with E-state index in [2.05, 4.69) is 16.1 Å². The summed E-state index contributed by atoms with van der Waals surface area (Å²) in [6.45, 7) is 5.41. The minimum atomic E-state index is -0.0216. The number of nitrogens with zero attached hydrogens (tertiary/aromatic N) is 2. The molecule has 3 fully saturated rings. The van der Waals surface area contributed by atoms with Gasteiger partial charge in [-0.1, -0.05) is 19.3 Å². The molecule has 2 heterocycles. The van der Waals surface area contributed by atoms with Crippen LogP contribution in [0.2, 0.25) is 0 Å². The van der Waals surface area contributed by atoms with E-state index in [9.17, 15) is 4.79 Å². The van der Waals surface area contributed by atoms with Crippen molar-refractivity contribution in [1.82, 2.24) is 9.80 Å². The minimum absolute atomic E-state index is 0.0216. The van der Waals surface area contributed by atoms with Crippen molar-refractivity contribution in [2.24, 2.45) is 11.3 Å². The average Bonchev–Trinajstić information content (AvgIpc) is 2.97. The number of piperidine rings is 1. The lowest BCUT2D eigenvalue weighted by Crippen LogP contribution is -2.51. The fourth-order valence-electron chi connectivity index (χ4n) is 4.97. The molecule has 4 heteroatoms. The Morgan fingerprint density at radius 3 is 2.74 bits per heavy atom. The van der Waals surface area contributed by atoms with Crippen LogP contribution in [0.25, 0.3) is 0 Å². The van der Waals surface area contributed by atoms with E-state index >= 15 is 0 Å². The molecular weight excluding hydrogens is 304 g/mol. The zero-order valence-corrected chi connectivity index (χ0v) is 15.7. The van der Waals surface area contributed by atoms with Crippen LogP contribution >= 0.6 is 11.8 Å². The van der Waals surface area contributed by atoms with Crippen LogP contribution in [0.15, 0.2) is 0 Å². The summed E-state index contributed by atoms with van der Waals surface area (Å²) in [5.41, 5.74) is -0.0216. The molecule has 1 saturated carbocycles. The van der Waals surface area contributed by atoms with Crippen LogP contribution < -0.4 is 0 Å². The summed E-state index contributed by atoms with van der Waals surface area (Å²) in [5, 5.41) is 0. The molecule has 132 valence electrons. The van der Waals surface area contributed by atoms with Crippen molar-refractivity contribution >= 4 is 17.7 Å². The van der Waals surface area contributed by atoms with E-state index in [-0.39, 0.29) is 5.41 Å². The van der Waals surface area contributed by atoms with Gasteiger partial charge in [-0.25, -0.2) is 0 Å². The van der Waals surface area contributed by atoms with E-state index in [1.807, 2.05) is 11.8 Å². The second-order valence-corrected chi connectivity index (χ2v) is 9.00. The largest absolute Gasteiger partial charge is 0.342 e. The van der Waals surface area contributed by atoms with E-state index < -0.39 is 0 Å². The van der Waals surface area contributed by atoms with Gasteiger partial charge in [-0.05, 0) is 69.5 Å². The molecule has 1 atom stereocenters. The Balaban J connectivity index is 1.54. The minimum Gasteiger partial charge on any atom is -0.342 e. The van der Waals surface area contributed by atoms with Crippen molar-refractivity contribution in [3.05, 3.63) is 0 Å². The number of carbonyl (C=O) groups excluding carboxylic acids is 1. The quantitative estimate of drug-likeness (QED) is 0.691. The maximum atomic E-state index is 13.2. The van der Waals surface area contributed by atoms with Crippen molar-refractivity contribution in [2.45, 2.75) is 57.8 Å². The van der Waals surface area contributed by atoms with Crippen molar-refractivity contribution in [1.29, 1.82) is 0 Å². The van der Waals surface area contributed by atoms with Gasteiger partial charge in [0.2, 0.25) is 5.91 Å². The van der Waals surface area contributed by atoms with Crippen LogP contribution in [-0.4, -0.2) is 60.4 Å². The average molecular weight is 339 g/mol. The van der Waals surface area contributed by atoms with E-state index in [1.165, 1.54) is 57.2 Å². The first-order chi connectivity index (χ1) is 11.2. The van der Waals surface area contributed by atoms with E-state index in [1.54, 1.807) is 0 Å². The van der Waals surface area contributed by atoms with Crippen LogP contribution in [-0.2, 0) is 4.79 Å². The second-order valence-electron chi connectivity index (χ2n) is 8.01. The van der Waals surface area contributed by atoms with Crippen LogP contribution in [0.4, 0.5) is 0 Å². The lowest BCUT2D eigenvalue weighted by atomic mass is 9.77. The summed E-state index contributed by atoms with van der Waals surface area (Å²) < 4.78 is 0. The standard InChI is InChI=1S/C19H34N2OS/c1-23-14-6-11-20-13-10-19(16-20)9-5-12-21(18(19)22)15-17-7-3-2-4-8-17/h17H,2-16H2,1H3/t19-/m0/s1. The number of hydrogen-bond acceptors (Lipinski definition) is 3. The van der Waals surface area contributed by atoms with Crippen LogP contribution in [0, 0.1) is 11.3 Å². The van der Waals surface area contributed by atoms with Gasteiger partial charge in [0.15, 0.2) is 0 Å². The summed E-state index contributed by atoms with van der Waals surface area (Å²) in [4.78, 5) is 18.0. The van der Waals surface area contributed by atoms with Crippen LogP contribution in [0.5, 0.6) is 0 Å². The molecule has 1 spiro atoms. The molecule has 0 aromatic rings. The highest BCUT2D eigenvalue weighted by molar-refractivity contribution is 7.98. The first-order valence-electron chi connectivity index (χ1n) is 9.74. The number of thioether (sulfide) groups is 1. The van der Waals surface area contributed by atoms with E-state index in [4.69, 9.17) is 0 Å². The lowest BCUT2D eigenvalue weighted by Gasteiger charge is -2.41. The Labute approximate surface area is 146 Å². The normalized spacial score (nSPS) is 30.5. The predicted octanol–water partition coefficient (Wildman–Crippen LogP) is 3.63. The molecule has 3 nitrogen and oxygen atoms in total. The third-order valence-corrected chi connectivity index (χ3v) is 6.98. The smallest absolute Gasteiger partial charge is 0.230 e. The first kappa shape index (κ1) is 17.6. The monoisotopic (exact) mass is 338 g/mol. The molecule has 0 aromatic carbocycles. The number of rotatable bonds is 6. The Hall–Kier alpha value is -0.220. The molecule has 0 aromatic heterocycles. The molecule has 0 N–H and O–H groups in total. The van der Waals surface area contributed by atoms with Gasteiger partial charge in [0.05, 0.1) is 5.41 Å². The zero-order chi connectivity index (χ0) is 16.1. The Bertz CT molecular complexity index is 397. The topological polar surface area (TPSA) is 23.6 Å². The third-order valence-electron chi connectivity index (χ3n) is 6.28. The highest BCUT2D eigenvalue weighted by atomic mass is 32.2. The SMILES string of the molecule is CSCCCN1CC[C@@]2(CCCN(CC3CCCCC3)C2=O)C1. The summed E-state index contributed by atoms with van der Waals surface area (Å²) in [5.74, 6) is 2.52. The molecule has 1 amide bonds. The van der Waals surface area contributed by atoms with Gasteiger partial charge in [0, 0.05) is 19.6 Å². The molecule has 1 aliphatic carbocycles. The van der Waals surface area contributed by atoms with Gasteiger partial charge in [0.25, 0.3) is 0 Å². The van der Waals surface area contributed by atoms with Crippen molar-refractivity contribution in [3.8, 4) is 0 Å². The van der Waals surface area contributed by atoms with Gasteiger partial charge in [-0.2, -0.15) is 11.8 Å². The molecule has 0 unspecified atom stereocenters. The predicted molar refractivity (Wildman–Crippen MR) is 98.9 cm³/mol. The van der Waals surface area contributed by atoms with Crippen LogP contribution in [0.3, 0.4) is 0 Å². The number of carbonyl (C=O) groups is 1. The summed E-state index contributed by atoms with van der Waals surface area (Å²) in [6.07, 6.45) is 13.7. The fourth-order valence-corrected chi connectivity index (χ4v) is 5.39. The third kappa shape index (κ3) is 4.25. The zero-order valence-electron chi connectivity index (χ0n) is 14.9. The highest BCUT2D eigenvalue weighted by Gasteiger charge is 2.48. The second kappa shape index (κ2) is 8.24. The van der Waals surface area contributed by atoms with Gasteiger partial charge in [-0.15, -0.1) is 0 Å². The highest BCUT2D eigenvalue weighted by Crippen LogP contribution is 2.40. The maximum absolute atomic E-state index is 13.2. The maximum Gasteiger partial charge on any atom is 0.230 e. The van der Waals surface area contributed by atoms with Gasteiger partial charge in [0.1, 0.15) is 0 Å². The van der Waals surface area contributed by atoms with Gasteiger partial charge >= 0.3 is 0 Å².